The van der Waals surface area contributed by atoms with Gasteiger partial charge in [-0.05, 0) is 43.0 Å². The van der Waals surface area contributed by atoms with E-state index in [2.05, 4.69) is 27.3 Å². The average molecular weight is 371 g/mol. The van der Waals surface area contributed by atoms with Crippen LogP contribution in [0, 0.1) is 0 Å². The molecular weight excluding hydrogens is 350 g/mol. The van der Waals surface area contributed by atoms with Crippen molar-refractivity contribution >= 4 is 27.2 Å². The monoisotopic (exact) mass is 371 g/mol. The molecule has 2 aliphatic rings. The maximum absolute atomic E-state index is 12.3. The van der Waals surface area contributed by atoms with Gasteiger partial charge in [0.05, 0.1) is 17.1 Å². The van der Waals surface area contributed by atoms with E-state index in [0.29, 0.717) is 12.0 Å². The number of sulfone groups is 1. The van der Waals surface area contributed by atoms with Crippen molar-refractivity contribution in [3.8, 4) is 0 Å². The fourth-order valence-electron chi connectivity index (χ4n) is 3.63. The van der Waals surface area contributed by atoms with Crippen molar-refractivity contribution in [2.45, 2.75) is 25.3 Å². The predicted octanol–water partition coefficient (Wildman–Crippen LogP) is 2.08. The Kier molecular flexibility index (Phi) is 4.40. The van der Waals surface area contributed by atoms with E-state index in [0.717, 1.165) is 25.2 Å². The van der Waals surface area contributed by atoms with Crippen LogP contribution in [0.2, 0.25) is 0 Å². The Hall–Kier alpha value is -2.41. The number of aromatic nitrogens is 1. The van der Waals surface area contributed by atoms with E-state index in [1.54, 1.807) is 12.3 Å². The first-order chi connectivity index (χ1) is 12.5. The molecule has 0 saturated carbocycles. The zero-order valence-corrected chi connectivity index (χ0v) is 15.2. The van der Waals surface area contributed by atoms with Crippen LogP contribution in [0.15, 0.2) is 42.6 Å². The fraction of sp³-hybridized carbons (Fsp3) is 0.368. The number of carbonyl (C=O) groups excluding carboxylic acids is 1. The molecule has 1 amide bonds. The Bertz CT molecular complexity index is 925. The first-order valence-electron chi connectivity index (χ1n) is 8.85. The van der Waals surface area contributed by atoms with Gasteiger partial charge in [-0.15, -0.1) is 0 Å². The predicted molar refractivity (Wildman–Crippen MR) is 101 cm³/mol. The normalized spacial score (nSPS) is 21.2. The third-order valence-electron chi connectivity index (χ3n) is 4.96. The molecule has 1 fully saturated rings. The lowest BCUT2D eigenvalue weighted by Crippen LogP contribution is -2.35. The molecule has 0 aliphatic carbocycles. The molecule has 6 nitrogen and oxygen atoms in total. The summed E-state index contributed by atoms with van der Waals surface area (Å²) in [7, 11) is -3.01. The van der Waals surface area contributed by atoms with Crippen LogP contribution >= 0.6 is 0 Å². The van der Waals surface area contributed by atoms with E-state index in [9.17, 15) is 13.2 Å². The highest BCUT2D eigenvalue weighted by atomic mass is 32.2. The maximum atomic E-state index is 12.3. The third-order valence-corrected chi connectivity index (χ3v) is 6.73. The number of aryl methyl sites for hydroxylation is 1. The number of para-hydroxylation sites is 1. The van der Waals surface area contributed by atoms with Crippen LogP contribution in [-0.2, 0) is 16.3 Å². The molecule has 2 aromatic rings. The number of amides is 1. The second-order valence-electron chi connectivity index (χ2n) is 6.86. The smallest absolute Gasteiger partial charge is 0.253 e. The molecule has 1 atom stereocenters. The lowest BCUT2D eigenvalue weighted by molar-refractivity contribution is 0.0941. The molecule has 3 heterocycles. The number of benzene rings is 1. The zero-order chi connectivity index (χ0) is 18.1. The first kappa shape index (κ1) is 17.0. The molecule has 1 N–H and O–H groups in total. The molecule has 0 spiro atoms. The quantitative estimate of drug-likeness (QED) is 0.894. The minimum Gasteiger partial charge on any atom is -0.348 e. The van der Waals surface area contributed by atoms with Gasteiger partial charge in [-0.2, -0.15) is 0 Å². The summed E-state index contributed by atoms with van der Waals surface area (Å²) in [5.74, 6) is 0.709. The van der Waals surface area contributed by atoms with Gasteiger partial charge < -0.3 is 10.2 Å². The summed E-state index contributed by atoms with van der Waals surface area (Å²) in [4.78, 5) is 19.0. The molecule has 26 heavy (non-hydrogen) atoms. The SMILES string of the molecule is O=C(NC1CCS(=O)(=O)C1)c1ccc(N2CCCc3ccccc32)nc1. The van der Waals surface area contributed by atoms with Crippen LogP contribution in [0.4, 0.5) is 11.5 Å². The van der Waals surface area contributed by atoms with Crippen molar-refractivity contribution in [2.75, 3.05) is 23.0 Å². The number of carbonyl (C=O) groups is 1. The Balaban J connectivity index is 1.48. The summed E-state index contributed by atoms with van der Waals surface area (Å²) >= 11 is 0. The van der Waals surface area contributed by atoms with E-state index in [1.807, 2.05) is 18.2 Å². The largest absolute Gasteiger partial charge is 0.348 e. The average Bonchev–Trinajstić information content (AvgIpc) is 2.99. The van der Waals surface area contributed by atoms with Crippen molar-refractivity contribution in [3.63, 3.8) is 0 Å². The van der Waals surface area contributed by atoms with Crippen LogP contribution in [0.3, 0.4) is 0 Å². The van der Waals surface area contributed by atoms with Gasteiger partial charge in [-0.3, -0.25) is 4.79 Å². The number of hydrogen-bond acceptors (Lipinski definition) is 5. The van der Waals surface area contributed by atoms with Gasteiger partial charge >= 0.3 is 0 Å². The standard InChI is InChI=1S/C19H21N3O3S/c23-19(21-16-9-11-26(24,25)13-16)15-7-8-18(20-12-15)22-10-3-5-14-4-1-2-6-17(14)22/h1-2,4,6-8,12,16H,3,5,9-11,13H2,(H,21,23). The summed E-state index contributed by atoms with van der Waals surface area (Å²) in [5.41, 5.74) is 2.92. The molecule has 0 radical (unpaired) electrons. The molecule has 2 aliphatic heterocycles. The lowest BCUT2D eigenvalue weighted by Gasteiger charge is -2.30. The van der Waals surface area contributed by atoms with Crippen molar-refractivity contribution in [1.29, 1.82) is 0 Å². The molecular formula is C19H21N3O3S. The topological polar surface area (TPSA) is 79.4 Å². The van der Waals surface area contributed by atoms with Gasteiger partial charge in [0.2, 0.25) is 0 Å². The number of pyridine rings is 1. The first-order valence-corrected chi connectivity index (χ1v) is 10.7. The second kappa shape index (κ2) is 6.72. The lowest BCUT2D eigenvalue weighted by atomic mass is 10.0. The number of hydrogen-bond donors (Lipinski definition) is 1. The van der Waals surface area contributed by atoms with Gasteiger partial charge in [0, 0.05) is 24.5 Å². The molecule has 1 aromatic carbocycles. The van der Waals surface area contributed by atoms with E-state index in [1.165, 1.54) is 11.3 Å². The molecule has 4 rings (SSSR count). The Morgan fingerprint density at radius 3 is 2.77 bits per heavy atom. The zero-order valence-electron chi connectivity index (χ0n) is 14.4. The number of anilines is 2. The Morgan fingerprint density at radius 2 is 2.04 bits per heavy atom. The molecule has 1 aromatic heterocycles. The molecule has 1 unspecified atom stereocenters. The van der Waals surface area contributed by atoms with Crippen molar-refractivity contribution in [1.82, 2.24) is 10.3 Å². The molecule has 0 bridgehead atoms. The van der Waals surface area contributed by atoms with Crippen molar-refractivity contribution < 1.29 is 13.2 Å². The summed E-state index contributed by atoms with van der Waals surface area (Å²) in [6.07, 6.45) is 4.17. The minimum absolute atomic E-state index is 0.0226. The van der Waals surface area contributed by atoms with Crippen LogP contribution in [0.5, 0.6) is 0 Å². The van der Waals surface area contributed by atoms with Crippen molar-refractivity contribution in [2.24, 2.45) is 0 Å². The van der Waals surface area contributed by atoms with Gasteiger partial charge in [0.15, 0.2) is 9.84 Å². The van der Waals surface area contributed by atoms with Gasteiger partial charge in [-0.1, -0.05) is 18.2 Å². The van der Waals surface area contributed by atoms with Gasteiger partial charge in [0.25, 0.3) is 5.91 Å². The van der Waals surface area contributed by atoms with E-state index in [-0.39, 0.29) is 23.5 Å². The molecule has 136 valence electrons. The number of rotatable bonds is 3. The number of nitrogens with one attached hydrogen (secondary N) is 1. The fourth-order valence-corrected chi connectivity index (χ4v) is 5.30. The summed E-state index contributed by atoms with van der Waals surface area (Å²) in [6, 6.07) is 11.6. The van der Waals surface area contributed by atoms with E-state index < -0.39 is 9.84 Å². The van der Waals surface area contributed by atoms with E-state index in [4.69, 9.17) is 0 Å². The highest BCUT2D eigenvalue weighted by Gasteiger charge is 2.29. The molecule has 7 heteroatoms. The number of nitrogens with zero attached hydrogens (tertiary/aromatic N) is 2. The van der Waals surface area contributed by atoms with Gasteiger partial charge in [-0.25, -0.2) is 13.4 Å². The second-order valence-corrected chi connectivity index (χ2v) is 9.09. The van der Waals surface area contributed by atoms with Crippen LogP contribution in [0.1, 0.15) is 28.8 Å². The summed E-state index contributed by atoms with van der Waals surface area (Å²) in [5, 5.41) is 2.79. The summed E-state index contributed by atoms with van der Waals surface area (Å²) in [6.45, 7) is 0.898. The highest BCUT2D eigenvalue weighted by Crippen LogP contribution is 2.32. The van der Waals surface area contributed by atoms with Gasteiger partial charge in [0.1, 0.15) is 5.82 Å². The number of fused-ring (bicyclic) bond motifs is 1. The van der Waals surface area contributed by atoms with E-state index >= 15 is 0 Å². The molecule has 1 saturated heterocycles. The summed E-state index contributed by atoms with van der Waals surface area (Å²) < 4.78 is 23.0. The third kappa shape index (κ3) is 3.44. The van der Waals surface area contributed by atoms with Crippen LogP contribution in [-0.4, -0.2) is 43.4 Å². The minimum atomic E-state index is -3.01. The van der Waals surface area contributed by atoms with Crippen LogP contribution < -0.4 is 10.2 Å². The maximum Gasteiger partial charge on any atom is 0.253 e. The Morgan fingerprint density at radius 1 is 1.19 bits per heavy atom. The Labute approximate surface area is 153 Å². The van der Waals surface area contributed by atoms with Crippen molar-refractivity contribution in [3.05, 3.63) is 53.7 Å². The van der Waals surface area contributed by atoms with Crippen LogP contribution in [0.25, 0.3) is 0 Å². The highest BCUT2D eigenvalue weighted by molar-refractivity contribution is 7.91.